The molecule has 0 fully saturated rings. The van der Waals surface area contributed by atoms with Gasteiger partial charge in [-0.05, 0) is 30.0 Å². The molecule has 3 nitrogen and oxygen atoms in total. The van der Waals surface area contributed by atoms with Crippen LogP contribution in [0.2, 0.25) is 0 Å². The lowest BCUT2D eigenvalue weighted by Crippen LogP contribution is -2.19. The summed E-state index contributed by atoms with van der Waals surface area (Å²) in [7, 11) is 3.12. The number of halogens is 1. The van der Waals surface area contributed by atoms with Crippen LogP contribution >= 0.6 is 11.6 Å². The molecule has 1 aliphatic rings. The van der Waals surface area contributed by atoms with Crippen molar-refractivity contribution in [1.29, 1.82) is 0 Å². The number of aryl methyl sites for hydroxylation is 1. The van der Waals surface area contributed by atoms with Gasteiger partial charge >= 0.3 is 0 Å². The van der Waals surface area contributed by atoms with Crippen molar-refractivity contribution >= 4 is 22.6 Å². The zero-order valence-electron chi connectivity index (χ0n) is 10.4. The molecule has 0 amide bonds. The molecule has 2 rings (SSSR count). The molecule has 0 aromatic heterocycles. The molecule has 0 heterocycles. The molecule has 1 aromatic rings. The Bertz CT molecular complexity index is 494. The van der Waals surface area contributed by atoms with Crippen LogP contribution in [0.5, 0.6) is 0 Å². The first kappa shape index (κ1) is 13.1. The first-order valence-electron chi connectivity index (χ1n) is 5.78. The zero-order chi connectivity index (χ0) is 13.1. The van der Waals surface area contributed by atoms with Gasteiger partial charge in [-0.1, -0.05) is 24.3 Å². The number of methoxy groups -OCH3 is 2. The van der Waals surface area contributed by atoms with Crippen molar-refractivity contribution in [3.05, 3.63) is 41.0 Å². The second-order valence-corrected chi connectivity index (χ2v) is 4.48. The predicted octanol–water partition coefficient (Wildman–Crippen LogP) is 2.77. The van der Waals surface area contributed by atoms with E-state index in [4.69, 9.17) is 21.1 Å². The van der Waals surface area contributed by atoms with Gasteiger partial charge in [-0.15, -0.1) is 0 Å². The molecule has 0 saturated carbocycles. The lowest BCUT2D eigenvalue weighted by Gasteiger charge is -2.16. The third kappa shape index (κ3) is 2.28. The third-order valence-corrected chi connectivity index (χ3v) is 3.41. The standard InChI is InChI=1S/C14H15ClO3/c1-17-11-8-7-9-5-3-4-6-10(9)13(18-2)12(11)14(15)16/h3-6,11H,7-8H2,1-2H3. The van der Waals surface area contributed by atoms with E-state index in [-0.39, 0.29) is 6.10 Å². The number of hydrogen-bond acceptors (Lipinski definition) is 3. The first-order valence-corrected chi connectivity index (χ1v) is 6.16. The molecule has 4 heteroatoms. The Morgan fingerprint density at radius 3 is 2.67 bits per heavy atom. The minimum atomic E-state index is -0.518. The normalized spacial score (nSPS) is 19.2. The number of carbonyl (C=O) groups excluding carboxylic acids is 1. The molecule has 0 spiro atoms. The van der Waals surface area contributed by atoms with Crippen LogP contribution in [0.25, 0.3) is 5.76 Å². The van der Waals surface area contributed by atoms with Crippen molar-refractivity contribution in [3.8, 4) is 0 Å². The van der Waals surface area contributed by atoms with Gasteiger partial charge in [0, 0.05) is 12.7 Å². The highest BCUT2D eigenvalue weighted by atomic mass is 35.5. The highest BCUT2D eigenvalue weighted by Gasteiger charge is 2.29. The number of ether oxygens (including phenoxy) is 2. The number of carbonyl (C=O) groups is 1. The molecule has 1 aromatic carbocycles. The van der Waals surface area contributed by atoms with Gasteiger partial charge in [-0.25, -0.2) is 0 Å². The lowest BCUT2D eigenvalue weighted by molar-refractivity contribution is -0.109. The van der Waals surface area contributed by atoms with E-state index in [1.165, 1.54) is 0 Å². The Labute approximate surface area is 111 Å². The summed E-state index contributed by atoms with van der Waals surface area (Å²) >= 11 is 5.69. The van der Waals surface area contributed by atoms with Gasteiger partial charge in [-0.2, -0.15) is 0 Å². The van der Waals surface area contributed by atoms with Crippen molar-refractivity contribution in [2.75, 3.05) is 14.2 Å². The molecule has 0 saturated heterocycles. The highest BCUT2D eigenvalue weighted by Crippen LogP contribution is 2.33. The molecular weight excluding hydrogens is 252 g/mol. The molecule has 0 aliphatic heterocycles. The molecular formula is C14H15ClO3. The molecule has 1 unspecified atom stereocenters. The van der Waals surface area contributed by atoms with Gasteiger partial charge < -0.3 is 9.47 Å². The first-order chi connectivity index (χ1) is 8.69. The van der Waals surface area contributed by atoms with Gasteiger partial charge in [0.05, 0.1) is 18.8 Å². The van der Waals surface area contributed by atoms with Crippen LogP contribution in [-0.4, -0.2) is 25.6 Å². The molecule has 0 radical (unpaired) electrons. The zero-order valence-corrected chi connectivity index (χ0v) is 11.2. The minimum Gasteiger partial charge on any atom is -0.496 e. The van der Waals surface area contributed by atoms with Crippen LogP contribution in [-0.2, 0) is 20.7 Å². The van der Waals surface area contributed by atoms with Gasteiger partial charge in [0.1, 0.15) is 5.76 Å². The summed E-state index contributed by atoms with van der Waals surface area (Å²) in [5, 5.41) is -0.518. The van der Waals surface area contributed by atoms with Crippen LogP contribution in [0, 0.1) is 0 Å². The minimum absolute atomic E-state index is 0.322. The number of rotatable bonds is 3. The third-order valence-electron chi connectivity index (χ3n) is 3.20. The molecule has 18 heavy (non-hydrogen) atoms. The van der Waals surface area contributed by atoms with Gasteiger partial charge in [0.2, 0.25) is 0 Å². The summed E-state index contributed by atoms with van der Waals surface area (Å²) in [6, 6.07) is 7.86. The van der Waals surface area contributed by atoms with E-state index in [1.807, 2.05) is 24.3 Å². The molecule has 0 N–H and O–H groups in total. The lowest BCUT2D eigenvalue weighted by atomic mass is 10.0. The average Bonchev–Trinajstić information content (AvgIpc) is 2.54. The van der Waals surface area contributed by atoms with Crippen LogP contribution in [0.15, 0.2) is 29.8 Å². The smallest absolute Gasteiger partial charge is 0.254 e. The number of fused-ring (bicyclic) bond motifs is 1. The Hall–Kier alpha value is -1.32. The van der Waals surface area contributed by atoms with E-state index in [1.54, 1.807) is 14.2 Å². The molecule has 1 atom stereocenters. The quantitative estimate of drug-likeness (QED) is 0.789. The fraction of sp³-hybridized carbons (Fsp3) is 0.357. The summed E-state index contributed by atoms with van der Waals surface area (Å²) in [5.74, 6) is 0.523. The monoisotopic (exact) mass is 266 g/mol. The summed E-state index contributed by atoms with van der Waals surface area (Å²) < 4.78 is 10.8. The fourth-order valence-corrected chi connectivity index (χ4v) is 2.56. The van der Waals surface area contributed by atoms with Crippen molar-refractivity contribution in [2.45, 2.75) is 18.9 Å². The molecule has 96 valence electrons. The van der Waals surface area contributed by atoms with E-state index in [9.17, 15) is 4.79 Å². The van der Waals surface area contributed by atoms with Gasteiger partial charge in [-0.3, -0.25) is 4.79 Å². The second-order valence-electron chi connectivity index (χ2n) is 4.14. The summed E-state index contributed by atoms with van der Waals surface area (Å²) in [6.07, 6.45) is 1.22. The average molecular weight is 267 g/mol. The van der Waals surface area contributed by atoms with Crippen molar-refractivity contribution in [3.63, 3.8) is 0 Å². The Balaban J connectivity index is 2.64. The number of benzene rings is 1. The van der Waals surface area contributed by atoms with Crippen LogP contribution in [0.1, 0.15) is 17.5 Å². The van der Waals surface area contributed by atoms with Crippen LogP contribution in [0.3, 0.4) is 0 Å². The van der Waals surface area contributed by atoms with Crippen molar-refractivity contribution in [1.82, 2.24) is 0 Å². The maximum Gasteiger partial charge on any atom is 0.254 e. The Kier molecular flexibility index (Phi) is 4.04. The highest BCUT2D eigenvalue weighted by molar-refractivity contribution is 6.68. The molecule has 1 aliphatic carbocycles. The number of hydrogen-bond donors (Lipinski definition) is 0. The maximum absolute atomic E-state index is 11.6. The molecule has 0 bridgehead atoms. The SMILES string of the molecule is COC1=C(C(=O)Cl)C(OC)CCc2ccccc21. The van der Waals surface area contributed by atoms with E-state index >= 15 is 0 Å². The second kappa shape index (κ2) is 5.55. The van der Waals surface area contributed by atoms with Crippen LogP contribution in [0.4, 0.5) is 0 Å². The fourth-order valence-electron chi connectivity index (χ4n) is 2.35. The van der Waals surface area contributed by atoms with E-state index in [2.05, 4.69) is 0 Å². The Morgan fingerprint density at radius 1 is 1.33 bits per heavy atom. The van der Waals surface area contributed by atoms with E-state index in [0.717, 1.165) is 17.5 Å². The summed E-state index contributed by atoms with van der Waals surface area (Å²) in [5.41, 5.74) is 2.47. The summed E-state index contributed by atoms with van der Waals surface area (Å²) in [6.45, 7) is 0. The van der Waals surface area contributed by atoms with Crippen molar-refractivity contribution < 1.29 is 14.3 Å². The van der Waals surface area contributed by atoms with E-state index in [0.29, 0.717) is 17.8 Å². The van der Waals surface area contributed by atoms with Crippen LogP contribution < -0.4 is 0 Å². The predicted molar refractivity (Wildman–Crippen MR) is 70.3 cm³/mol. The summed E-state index contributed by atoms with van der Waals surface area (Å²) in [4.78, 5) is 11.6. The Morgan fingerprint density at radius 2 is 2.06 bits per heavy atom. The maximum atomic E-state index is 11.6. The van der Waals surface area contributed by atoms with Gasteiger partial charge in [0.15, 0.2) is 0 Å². The largest absolute Gasteiger partial charge is 0.496 e. The van der Waals surface area contributed by atoms with Gasteiger partial charge in [0.25, 0.3) is 5.24 Å². The van der Waals surface area contributed by atoms with E-state index < -0.39 is 5.24 Å². The van der Waals surface area contributed by atoms with Crippen molar-refractivity contribution in [2.24, 2.45) is 0 Å². The topological polar surface area (TPSA) is 35.5 Å².